The number of hydrogen-bond acceptors (Lipinski definition) is 4. The summed E-state index contributed by atoms with van der Waals surface area (Å²) < 4.78 is 31.3. The predicted octanol–water partition coefficient (Wildman–Crippen LogP) is 3.00. The summed E-state index contributed by atoms with van der Waals surface area (Å²) in [7, 11) is 3.39. The molecule has 0 N–H and O–H groups in total. The van der Waals surface area contributed by atoms with Crippen LogP contribution in [0.1, 0.15) is 11.4 Å². The van der Waals surface area contributed by atoms with Gasteiger partial charge < -0.3 is 9.30 Å². The van der Waals surface area contributed by atoms with Crippen molar-refractivity contribution in [1.29, 1.82) is 0 Å². The Morgan fingerprint density at radius 1 is 1.45 bits per heavy atom. The lowest BCUT2D eigenvalue weighted by Gasteiger charge is -2.13. The predicted molar refractivity (Wildman–Crippen MR) is 79.5 cm³/mol. The minimum atomic E-state index is -3.89. The quantitative estimate of drug-likeness (QED) is 0.766. The third-order valence-electron chi connectivity index (χ3n) is 2.73. The number of halogens is 2. The van der Waals surface area contributed by atoms with Crippen LogP contribution >= 0.6 is 26.6 Å². The molecular weight excluding hydrogens is 368 g/mol. The van der Waals surface area contributed by atoms with Crippen LogP contribution in [0.25, 0.3) is 0 Å². The van der Waals surface area contributed by atoms with E-state index in [0.717, 1.165) is 0 Å². The Kier molecular flexibility index (Phi) is 4.41. The monoisotopic (exact) mass is 378 g/mol. The smallest absolute Gasteiger partial charge is 0.265 e. The van der Waals surface area contributed by atoms with Crippen molar-refractivity contribution >= 4 is 35.7 Å². The van der Waals surface area contributed by atoms with Gasteiger partial charge in [0.15, 0.2) is 0 Å². The van der Waals surface area contributed by atoms with E-state index in [1.165, 1.54) is 6.07 Å². The number of ether oxygens (including phenoxy) is 1. The zero-order valence-corrected chi connectivity index (χ0v) is 14.0. The average molecular weight is 380 g/mol. The van der Waals surface area contributed by atoms with E-state index in [4.69, 9.17) is 15.4 Å². The number of hydrogen-bond donors (Lipinski definition) is 0. The van der Waals surface area contributed by atoms with Gasteiger partial charge in [-0.3, -0.25) is 0 Å². The molecule has 0 aliphatic carbocycles. The molecule has 1 heterocycles. The molecule has 0 bridgehead atoms. The van der Waals surface area contributed by atoms with E-state index in [0.29, 0.717) is 15.9 Å². The first-order valence-electron chi connectivity index (χ1n) is 5.63. The van der Waals surface area contributed by atoms with Crippen LogP contribution in [0.2, 0.25) is 0 Å². The van der Waals surface area contributed by atoms with Gasteiger partial charge in [-0.25, -0.2) is 13.4 Å². The Labute approximate surface area is 130 Å². The Bertz CT molecular complexity index is 743. The van der Waals surface area contributed by atoms with Crippen LogP contribution < -0.4 is 4.74 Å². The Morgan fingerprint density at radius 3 is 2.70 bits per heavy atom. The first-order valence-corrected chi connectivity index (χ1v) is 8.73. The highest BCUT2D eigenvalue weighted by Gasteiger charge is 2.20. The summed E-state index contributed by atoms with van der Waals surface area (Å²) in [6, 6.07) is 3.18. The highest BCUT2D eigenvalue weighted by molar-refractivity contribution is 9.10. The zero-order valence-electron chi connectivity index (χ0n) is 10.8. The summed E-state index contributed by atoms with van der Waals surface area (Å²) in [6.45, 7) is 1.91. The molecule has 0 saturated heterocycles. The van der Waals surface area contributed by atoms with Gasteiger partial charge in [-0.2, -0.15) is 0 Å². The van der Waals surface area contributed by atoms with E-state index in [9.17, 15) is 8.42 Å². The molecule has 1 aromatic carbocycles. The van der Waals surface area contributed by atoms with Crippen molar-refractivity contribution in [2.24, 2.45) is 7.05 Å². The standard InChI is InChI=1S/C12H12BrClN2O3S/c1-8-5-9(13)6-10(20(14,17)18)12(8)19-7-11-15-3-4-16(11)2/h3-6H,7H2,1-2H3. The third kappa shape index (κ3) is 3.34. The number of nitrogens with zero attached hydrogens (tertiary/aromatic N) is 2. The molecule has 2 rings (SSSR count). The summed E-state index contributed by atoms with van der Waals surface area (Å²) in [6.07, 6.45) is 3.43. The summed E-state index contributed by atoms with van der Waals surface area (Å²) >= 11 is 3.25. The lowest BCUT2D eigenvalue weighted by Crippen LogP contribution is -2.06. The lowest BCUT2D eigenvalue weighted by molar-refractivity contribution is 0.282. The molecule has 0 aliphatic heterocycles. The maximum Gasteiger partial charge on any atom is 0.265 e. The van der Waals surface area contributed by atoms with Gasteiger partial charge in [-0.15, -0.1) is 0 Å². The minimum Gasteiger partial charge on any atom is -0.484 e. The van der Waals surface area contributed by atoms with Crippen LogP contribution in [-0.4, -0.2) is 18.0 Å². The van der Waals surface area contributed by atoms with Crippen molar-refractivity contribution in [2.75, 3.05) is 0 Å². The number of rotatable bonds is 4. The first-order chi connectivity index (χ1) is 9.29. The molecule has 0 radical (unpaired) electrons. The van der Waals surface area contributed by atoms with Gasteiger partial charge in [0.25, 0.3) is 9.05 Å². The van der Waals surface area contributed by atoms with E-state index < -0.39 is 9.05 Å². The summed E-state index contributed by atoms with van der Waals surface area (Å²) in [4.78, 5) is 4.06. The molecule has 0 atom stereocenters. The van der Waals surface area contributed by atoms with E-state index >= 15 is 0 Å². The molecule has 8 heteroatoms. The molecule has 0 amide bonds. The average Bonchev–Trinajstić information content (AvgIpc) is 2.72. The SMILES string of the molecule is Cc1cc(Br)cc(S(=O)(=O)Cl)c1OCc1nccn1C. The highest BCUT2D eigenvalue weighted by atomic mass is 79.9. The van der Waals surface area contributed by atoms with Crippen molar-refractivity contribution in [3.63, 3.8) is 0 Å². The van der Waals surface area contributed by atoms with Crippen molar-refractivity contribution in [2.45, 2.75) is 18.4 Å². The maximum atomic E-state index is 11.6. The summed E-state index contributed by atoms with van der Waals surface area (Å²) in [5, 5.41) is 0. The van der Waals surface area contributed by atoms with Crippen LogP contribution in [0.4, 0.5) is 0 Å². The van der Waals surface area contributed by atoms with Crippen LogP contribution in [-0.2, 0) is 22.7 Å². The van der Waals surface area contributed by atoms with E-state index in [-0.39, 0.29) is 17.3 Å². The van der Waals surface area contributed by atoms with Gasteiger partial charge in [0, 0.05) is 34.6 Å². The zero-order chi connectivity index (χ0) is 14.9. The molecule has 0 aliphatic rings. The van der Waals surface area contributed by atoms with Gasteiger partial charge in [0.05, 0.1) is 0 Å². The molecule has 108 valence electrons. The van der Waals surface area contributed by atoms with Crippen LogP contribution in [0.3, 0.4) is 0 Å². The fourth-order valence-corrected chi connectivity index (χ4v) is 3.51. The Morgan fingerprint density at radius 2 is 2.15 bits per heavy atom. The summed E-state index contributed by atoms with van der Waals surface area (Å²) in [5.41, 5.74) is 0.674. The molecule has 1 aromatic heterocycles. The van der Waals surface area contributed by atoms with Crippen LogP contribution in [0.5, 0.6) is 5.75 Å². The second kappa shape index (κ2) is 5.75. The second-order valence-corrected chi connectivity index (χ2v) is 7.68. The van der Waals surface area contributed by atoms with Gasteiger partial charge in [-0.1, -0.05) is 15.9 Å². The number of aromatic nitrogens is 2. The normalized spacial score (nSPS) is 11.6. The molecular formula is C12H12BrClN2O3S. The van der Waals surface area contributed by atoms with Gasteiger partial charge in [-0.05, 0) is 24.6 Å². The van der Waals surface area contributed by atoms with E-state index in [2.05, 4.69) is 20.9 Å². The third-order valence-corrected chi connectivity index (χ3v) is 4.52. The molecule has 20 heavy (non-hydrogen) atoms. The van der Waals surface area contributed by atoms with Crippen LogP contribution in [0, 0.1) is 6.92 Å². The van der Waals surface area contributed by atoms with Gasteiger partial charge in [0.2, 0.25) is 0 Å². The molecule has 0 unspecified atom stereocenters. The van der Waals surface area contributed by atoms with E-state index in [1.54, 1.807) is 30.0 Å². The first kappa shape index (κ1) is 15.3. The van der Waals surface area contributed by atoms with Crippen molar-refractivity contribution < 1.29 is 13.2 Å². The maximum absolute atomic E-state index is 11.6. The van der Waals surface area contributed by atoms with Crippen LogP contribution in [0.15, 0.2) is 33.9 Å². The molecule has 2 aromatic rings. The molecule has 0 saturated carbocycles. The lowest BCUT2D eigenvalue weighted by atomic mass is 10.2. The summed E-state index contributed by atoms with van der Waals surface area (Å²) in [5.74, 6) is 0.927. The Balaban J connectivity index is 2.38. The number of benzene rings is 1. The minimum absolute atomic E-state index is 0.0553. The second-order valence-electron chi connectivity index (χ2n) is 4.23. The molecule has 0 fully saturated rings. The topological polar surface area (TPSA) is 61.2 Å². The van der Waals surface area contributed by atoms with Crippen molar-refractivity contribution in [3.05, 3.63) is 40.4 Å². The van der Waals surface area contributed by atoms with Gasteiger partial charge in [0.1, 0.15) is 23.1 Å². The highest BCUT2D eigenvalue weighted by Crippen LogP contribution is 2.34. The number of aryl methyl sites for hydroxylation is 2. The number of imidazole rings is 1. The van der Waals surface area contributed by atoms with Crippen molar-refractivity contribution in [3.8, 4) is 5.75 Å². The van der Waals surface area contributed by atoms with Gasteiger partial charge >= 0.3 is 0 Å². The fourth-order valence-electron chi connectivity index (χ4n) is 1.74. The van der Waals surface area contributed by atoms with E-state index in [1.807, 2.05) is 7.05 Å². The molecule has 0 spiro atoms. The Hall–Kier alpha value is -1.05. The molecule has 5 nitrogen and oxygen atoms in total. The largest absolute Gasteiger partial charge is 0.484 e. The fraction of sp³-hybridized carbons (Fsp3) is 0.250. The van der Waals surface area contributed by atoms with Crippen molar-refractivity contribution in [1.82, 2.24) is 9.55 Å².